The Morgan fingerprint density at radius 1 is 0.806 bits per heavy atom. The predicted molar refractivity (Wildman–Crippen MR) is 131 cm³/mol. The normalized spacial score (nSPS) is 12.2. The zero-order valence-electron chi connectivity index (χ0n) is 16.5. The van der Waals surface area contributed by atoms with Gasteiger partial charge in [-0.15, -0.1) is 0 Å². The summed E-state index contributed by atoms with van der Waals surface area (Å²) in [5, 5.41) is 5.26. The Balaban J connectivity index is 1.60. The third-order valence-electron chi connectivity index (χ3n) is 5.53. The second-order valence-electron chi connectivity index (χ2n) is 7.50. The maximum absolute atomic E-state index is 6.62. The van der Waals surface area contributed by atoms with E-state index in [0.29, 0.717) is 5.02 Å². The molecule has 31 heavy (non-hydrogen) atoms. The van der Waals surface area contributed by atoms with Crippen LogP contribution < -0.4 is 21.3 Å². The van der Waals surface area contributed by atoms with Crippen molar-refractivity contribution in [3.63, 3.8) is 0 Å². The summed E-state index contributed by atoms with van der Waals surface area (Å²) in [5.74, 6) is 0. The lowest BCUT2D eigenvalue weighted by atomic mass is 9.63. The van der Waals surface area contributed by atoms with Gasteiger partial charge in [0.05, 0.1) is 11.3 Å². The fourth-order valence-electron chi connectivity index (χ4n) is 4.20. The summed E-state index contributed by atoms with van der Waals surface area (Å²) in [6, 6.07) is 32.5. The number of fused-ring (bicyclic) bond motifs is 4. The molecule has 147 valence electrons. The van der Waals surface area contributed by atoms with Crippen LogP contribution in [0.15, 0.2) is 101 Å². The molecule has 5 heteroatoms. The molecule has 5 aromatic rings. The second-order valence-corrected chi connectivity index (χ2v) is 7.94. The molecule has 0 spiro atoms. The van der Waals surface area contributed by atoms with E-state index >= 15 is 0 Å². The van der Waals surface area contributed by atoms with Gasteiger partial charge in [0.25, 0.3) is 0 Å². The van der Waals surface area contributed by atoms with Gasteiger partial charge in [0.15, 0.2) is 0 Å². The van der Waals surface area contributed by atoms with Gasteiger partial charge in [0, 0.05) is 33.2 Å². The van der Waals surface area contributed by atoms with Gasteiger partial charge in [-0.25, -0.2) is 0 Å². The molecule has 6 rings (SSSR count). The van der Waals surface area contributed by atoms with Crippen LogP contribution in [0.1, 0.15) is 0 Å². The van der Waals surface area contributed by atoms with Crippen molar-refractivity contribution in [3.05, 3.63) is 102 Å². The van der Waals surface area contributed by atoms with Crippen LogP contribution in [0.5, 0.6) is 0 Å². The molecule has 0 amide bonds. The van der Waals surface area contributed by atoms with E-state index in [1.165, 1.54) is 0 Å². The number of hydrogen-bond acceptors (Lipinski definition) is 3. The third-order valence-corrected chi connectivity index (χ3v) is 5.74. The van der Waals surface area contributed by atoms with Crippen molar-refractivity contribution in [1.29, 1.82) is 0 Å². The smallest absolute Gasteiger partial charge is 0.249 e. The van der Waals surface area contributed by atoms with Gasteiger partial charge in [-0.3, -0.25) is 0 Å². The standard InChI is InChI=1S/C26H17BClN2O/c28-17-15-21(29-18-9-3-1-4-10-18)24-22(16-17)30(19-11-5-2-6-12-19)25-20-13-7-8-14-23(20)31-26(25)27-24/h1-16,29H. The number of para-hydroxylation sites is 3. The van der Waals surface area contributed by atoms with E-state index in [1.54, 1.807) is 0 Å². The zero-order chi connectivity index (χ0) is 20.8. The topological polar surface area (TPSA) is 28.4 Å². The fraction of sp³-hybridized carbons (Fsp3) is 0. The van der Waals surface area contributed by atoms with Crippen LogP contribution in [0.3, 0.4) is 0 Å². The first-order valence-electron chi connectivity index (χ1n) is 10.1. The van der Waals surface area contributed by atoms with E-state index in [1.807, 2.05) is 78.9 Å². The molecular weight excluding hydrogens is 403 g/mol. The molecule has 0 bridgehead atoms. The Bertz CT molecular complexity index is 1400. The summed E-state index contributed by atoms with van der Waals surface area (Å²) in [4.78, 5) is 2.23. The first-order chi connectivity index (χ1) is 15.3. The van der Waals surface area contributed by atoms with Crippen LogP contribution in [0.25, 0.3) is 11.0 Å². The SMILES string of the molecule is Clc1cc(Nc2ccccc2)c2c(c1)N(c1ccccc1)c1c(oc3ccccc13)[B]2. The Labute approximate surface area is 186 Å². The van der Waals surface area contributed by atoms with Gasteiger partial charge < -0.3 is 14.6 Å². The van der Waals surface area contributed by atoms with Crippen molar-refractivity contribution < 1.29 is 4.42 Å². The van der Waals surface area contributed by atoms with Crippen LogP contribution in [0.4, 0.5) is 28.4 Å². The third kappa shape index (κ3) is 3.08. The van der Waals surface area contributed by atoms with E-state index in [0.717, 1.165) is 50.5 Å². The predicted octanol–water partition coefficient (Wildman–Crippen LogP) is 6.27. The highest BCUT2D eigenvalue weighted by molar-refractivity contribution is 6.73. The van der Waals surface area contributed by atoms with E-state index in [9.17, 15) is 0 Å². The highest BCUT2D eigenvalue weighted by Gasteiger charge is 2.32. The Morgan fingerprint density at radius 2 is 1.52 bits per heavy atom. The monoisotopic (exact) mass is 419 g/mol. The minimum Gasteiger partial charge on any atom is -0.469 e. The van der Waals surface area contributed by atoms with Crippen molar-refractivity contribution in [3.8, 4) is 0 Å². The lowest BCUT2D eigenvalue weighted by Crippen LogP contribution is -2.40. The van der Waals surface area contributed by atoms with Gasteiger partial charge in [0.2, 0.25) is 7.28 Å². The highest BCUT2D eigenvalue weighted by Crippen LogP contribution is 2.41. The summed E-state index contributed by atoms with van der Waals surface area (Å²) >= 11 is 6.62. The van der Waals surface area contributed by atoms with Gasteiger partial charge >= 0.3 is 0 Å². The minimum atomic E-state index is 0.669. The van der Waals surface area contributed by atoms with Crippen molar-refractivity contribution in [2.45, 2.75) is 0 Å². The molecule has 0 saturated carbocycles. The first kappa shape index (κ1) is 18.2. The Kier molecular flexibility index (Phi) is 4.25. The van der Waals surface area contributed by atoms with Crippen molar-refractivity contribution in [1.82, 2.24) is 0 Å². The van der Waals surface area contributed by atoms with Crippen LogP contribution in [0.2, 0.25) is 5.02 Å². The van der Waals surface area contributed by atoms with E-state index in [4.69, 9.17) is 16.0 Å². The quantitative estimate of drug-likeness (QED) is 0.343. The molecule has 0 saturated heterocycles. The van der Waals surface area contributed by atoms with E-state index in [2.05, 4.69) is 35.7 Å². The van der Waals surface area contributed by atoms with Crippen LogP contribution >= 0.6 is 11.6 Å². The molecule has 1 aliphatic rings. The average molecular weight is 420 g/mol. The molecule has 1 N–H and O–H groups in total. The molecule has 0 aliphatic carbocycles. The number of furan rings is 1. The minimum absolute atomic E-state index is 0.669. The van der Waals surface area contributed by atoms with Gasteiger partial charge in [0.1, 0.15) is 5.58 Å². The van der Waals surface area contributed by atoms with Crippen LogP contribution in [0, 0.1) is 0 Å². The molecule has 0 unspecified atom stereocenters. The first-order valence-corrected chi connectivity index (χ1v) is 10.5. The van der Waals surface area contributed by atoms with Gasteiger partial charge in [-0.05, 0) is 54.0 Å². The Hall–Kier alpha value is -3.63. The Morgan fingerprint density at radius 3 is 2.32 bits per heavy atom. The number of hydrogen-bond donors (Lipinski definition) is 1. The van der Waals surface area contributed by atoms with Crippen LogP contribution in [-0.2, 0) is 0 Å². The molecule has 0 atom stereocenters. The highest BCUT2D eigenvalue weighted by atomic mass is 35.5. The van der Waals surface area contributed by atoms with Gasteiger partial charge in [-0.2, -0.15) is 0 Å². The molecule has 0 fully saturated rings. The molecule has 4 aromatic carbocycles. The van der Waals surface area contributed by atoms with Gasteiger partial charge in [-0.1, -0.05) is 60.1 Å². The zero-order valence-corrected chi connectivity index (χ0v) is 17.3. The second kappa shape index (κ2) is 7.26. The number of rotatable bonds is 3. The maximum atomic E-state index is 6.62. The lowest BCUT2D eigenvalue weighted by Gasteiger charge is -2.32. The number of nitrogens with one attached hydrogen (secondary N) is 1. The number of anilines is 5. The largest absolute Gasteiger partial charge is 0.469 e. The molecule has 2 heterocycles. The summed E-state index contributed by atoms with van der Waals surface area (Å²) < 4.78 is 6.28. The van der Waals surface area contributed by atoms with Crippen molar-refractivity contribution in [2.75, 3.05) is 10.2 Å². The number of nitrogens with zero attached hydrogens (tertiary/aromatic N) is 1. The molecule has 1 aromatic heterocycles. The lowest BCUT2D eigenvalue weighted by molar-refractivity contribution is 0.652. The summed E-state index contributed by atoms with van der Waals surface area (Å²) in [6.45, 7) is 0. The average Bonchev–Trinajstić information content (AvgIpc) is 3.17. The molecule has 1 radical (unpaired) electrons. The molecule has 1 aliphatic heterocycles. The fourth-order valence-corrected chi connectivity index (χ4v) is 4.41. The summed E-state index contributed by atoms with van der Waals surface area (Å²) in [6.07, 6.45) is 0. The van der Waals surface area contributed by atoms with Crippen LogP contribution in [-0.4, -0.2) is 7.28 Å². The molecule has 3 nitrogen and oxygen atoms in total. The van der Waals surface area contributed by atoms with E-state index < -0.39 is 0 Å². The van der Waals surface area contributed by atoms with E-state index in [-0.39, 0.29) is 0 Å². The number of halogens is 1. The van der Waals surface area contributed by atoms with Crippen molar-refractivity contribution >= 4 is 69.4 Å². The van der Waals surface area contributed by atoms with Crippen molar-refractivity contribution in [2.24, 2.45) is 0 Å². The summed E-state index contributed by atoms with van der Waals surface area (Å²) in [5.41, 5.74) is 7.75. The number of benzene rings is 4. The molecular formula is C26H17BClN2O. The summed E-state index contributed by atoms with van der Waals surface area (Å²) in [7, 11) is 2.10. The maximum Gasteiger partial charge on any atom is 0.249 e.